The fourth-order valence-corrected chi connectivity index (χ4v) is 3.97. The lowest BCUT2D eigenvalue weighted by molar-refractivity contribution is -0.123. The second kappa shape index (κ2) is 3.76. The number of aromatic nitrogens is 1. The number of hydrogen-bond acceptors (Lipinski definition) is 3. The Morgan fingerprint density at radius 2 is 1.79 bits per heavy atom. The van der Waals surface area contributed by atoms with E-state index in [0.717, 1.165) is 10.9 Å². The molecule has 0 N–H and O–H groups in total. The third kappa shape index (κ3) is 1.42. The first-order valence-corrected chi connectivity index (χ1v) is 7.14. The molecule has 0 spiro atoms. The van der Waals surface area contributed by atoms with Crippen molar-refractivity contribution in [1.29, 1.82) is 0 Å². The predicted octanol–water partition coefficient (Wildman–Crippen LogP) is 2.16. The Bertz CT molecular complexity index is 598. The molecule has 96 valence electrons. The standard InChI is InChI=1S/C14H11BrN2O2/c15-9-3-4-16-10(6-9)17-13(18)11-7-1-2-8(5-7)12(11)14(17)19/h1-4,6-8,11-12H,5H2. The molecule has 1 aromatic heterocycles. The smallest absolute Gasteiger partial charge is 0.239 e. The lowest BCUT2D eigenvalue weighted by atomic mass is 9.85. The maximum Gasteiger partial charge on any atom is 0.239 e. The van der Waals surface area contributed by atoms with Crippen LogP contribution in [0.2, 0.25) is 0 Å². The van der Waals surface area contributed by atoms with Crippen LogP contribution in [-0.2, 0) is 9.59 Å². The Morgan fingerprint density at radius 3 is 2.37 bits per heavy atom. The highest BCUT2D eigenvalue weighted by Crippen LogP contribution is 2.53. The van der Waals surface area contributed by atoms with E-state index in [2.05, 4.69) is 33.1 Å². The van der Waals surface area contributed by atoms with Gasteiger partial charge in [0, 0.05) is 10.7 Å². The Kier molecular flexibility index (Phi) is 2.24. The van der Waals surface area contributed by atoms with Crippen LogP contribution in [0.4, 0.5) is 5.82 Å². The average Bonchev–Trinajstić information content (AvgIpc) is 3.04. The summed E-state index contributed by atoms with van der Waals surface area (Å²) in [6.45, 7) is 0. The van der Waals surface area contributed by atoms with Gasteiger partial charge in [0.25, 0.3) is 0 Å². The second-order valence-electron chi connectivity index (χ2n) is 5.34. The normalized spacial score (nSPS) is 35.3. The van der Waals surface area contributed by atoms with Gasteiger partial charge in [0.15, 0.2) is 0 Å². The highest BCUT2D eigenvalue weighted by atomic mass is 79.9. The molecule has 0 aromatic carbocycles. The van der Waals surface area contributed by atoms with E-state index >= 15 is 0 Å². The van der Waals surface area contributed by atoms with E-state index in [9.17, 15) is 9.59 Å². The van der Waals surface area contributed by atoms with E-state index in [4.69, 9.17) is 0 Å². The molecule has 1 aliphatic heterocycles. The van der Waals surface area contributed by atoms with E-state index in [1.54, 1.807) is 18.3 Å². The molecule has 4 rings (SSSR count). The molecule has 1 saturated carbocycles. The number of carbonyl (C=O) groups is 2. The molecule has 3 aliphatic rings. The van der Waals surface area contributed by atoms with Crippen molar-refractivity contribution in [3.05, 3.63) is 35.0 Å². The van der Waals surface area contributed by atoms with Gasteiger partial charge < -0.3 is 0 Å². The molecule has 2 bridgehead atoms. The molecule has 4 atom stereocenters. The minimum atomic E-state index is -0.164. The van der Waals surface area contributed by atoms with Gasteiger partial charge in [-0.1, -0.05) is 28.1 Å². The quantitative estimate of drug-likeness (QED) is 0.589. The zero-order chi connectivity index (χ0) is 13.1. The van der Waals surface area contributed by atoms with Crippen LogP contribution in [0, 0.1) is 23.7 Å². The highest BCUT2D eigenvalue weighted by Gasteiger charge is 2.59. The SMILES string of the molecule is O=C1C2C3C=CC(C3)C2C(=O)N1c1cc(Br)ccn1. The van der Waals surface area contributed by atoms with Gasteiger partial charge in [-0.3, -0.25) is 9.59 Å². The Labute approximate surface area is 118 Å². The summed E-state index contributed by atoms with van der Waals surface area (Å²) in [6, 6.07) is 3.49. The number of allylic oxidation sites excluding steroid dienone is 2. The summed E-state index contributed by atoms with van der Waals surface area (Å²) in [6.07, 6.45) is 6.73. The van der Waals surface area contributed by atoms with Crippen molar-refractivity contribution in [2.75, 3.05) is 4.90 Å². The number of hydrogen-bond donors (Lipinski definition) is 0. The summed E-state index contributed by atoms with van der Waals surface area (Å²) < 4.78 is 0.816. The third-order valence-corrected chi connectivity index (χ3v) is 4.90. The molecule has 4 nitrogen and oxygen atoms in total. The third-order valence-electron chi connectivity index (χ3n) is 4.41. The average molecular weight is 319 g/mol. The minimum absolute atomic E-state index is 0.0857. The van der Waals surface area contributed by atoms with Crippen LogP contribution in [0.1, 0.15) is 6.42 Å². The van der Waals surface area contributed by atoms with Gasteiger partial charge in [-0.2, -0.15) is 0 Å². The van der Waals surface area contributed by atoms with Gasteiger partial charge in [-0.05, 0) is 30.4 Å². The fourth-order valence-electron chi connectivity index (χ4n) is 3.64. The van der Waals surface area contributed by atoms with Gasteiger partial charge in [-0.25, -0.2) is 9.88 Å². The van der Waals surface area contributed by atoms with Crippen LogP contribution >= 0.6 is 15.9 Å². The molecule has 2 aliphatic carbocycles. The number of rotatable bonds is 1. The number of halogens is 1. The molecule has 1 saturated heterocycles. The van der Waals surface area contributed by atoms with Crippen LogP contribution < -0.4 is 4.90 Å². The summed E-state index contributed by atoms with van der Waals surface area (Å²) >= 11 is 3.34. The molecule has 2 fully saturated rings. The van der Waals surface area contributed by atoms with Gasteiger partial charge in [-0.15, -0.1) is 0 Å². The highest BCUT2D eigenvalue weighted by molar-refractivity contribution is 9.10. The van der Waals surface area contributed by atoms with Crippen molar-refractivity contribution in [1.82, 2.24) is 4.98 Å². The monoisotopic (exact) mass is 318 g/mol. The van der Waals surface area contributed by atoms with Crippen molar-refractivity contribution in [2.24, 2.45) is 23.7 Å². The maximum absolute atomic E-state index is 12.5. The van der Waals surface area contributed by atoms with Crippen LogP contribution in [0.3, 0.4) is 0 Å². The molecular weight excluding hydrogens is 308 g/mol. The number of fused-ring (bicyclic) bond motifs is 5. The first-order valence-electron chi connectivity index (χ1n) is 6.34. The van der Waals surface area contributed by atoms with Crippen LogP contribution in [0.5, 0.6) is 0 Å². The van der Waals surface area contributed by atoms with E-state index in [-0.39, 0.29) is 35.5 Å². The minimum Gasteiger partial charge on any atom is -0.274 e. The molecule has 19 heavy (non-hydrogen) atoms. The van der Waals surface area contributed by atoms with Gasteiger partial charge in [0.05, 0.1) is 11.8 Å². The number of amides is 2. The van der Waals surface area contributed by atoms with Crippen LogP contribution in [-0.4, -0.2) is 16.8 Å². The first-order chi connectivity index (χ1) is 9.16. The van der Waals surface area contributed by atoms with Crippen LogP contribution in [0.15, 0.2) is 35.0 Å². The summed E-state index contributed by atoms with van der Waals surface area (Å²) in [5.41, 5.74) is 0. The van der Waals surface area contributed by atoms with Crippen molar-refractivity contribution in [2.45, 2.75) is 6.42 Å². The van der Waals surface area contributed by atoms with Crippen LogP contribution in [0.25, 0.3) is 0 Å². The number of carbonyl (C=O) groups excluding carboxylic acids is 2. The number of pyridine rings is 1. The topological polar surface area (TPSA) is 50.3 Å². The lowest BCUT2D eigenvalue weighted by Crippen LogP contribution is -2.33. The summed E-state index contributed by atoms with van der Waals surface area (Å²) in [4.78, 5) is 30.5. The summed E-state index contributed by atoms with van der Waals surface area (Å²) in [7, 11) is 0. The molecule has 4 unspecified atom stereocenters. The molecule has 5 heteroatoms. The van der Waals surface area contributed by atoms with Crippen molar-refractivity contribution >= 4 is 33.6 Å². The van der Waals surface area contributed by atoms with Gasteiger partial charge >= 0.3 is 0 Å². The summed E-state index contributed by atoms with van der Waals surface area (Å²) in [5.74, 6) is 0.409. The van der Waals surface area contributed by atoms with Crippen molar-refractivity contribution in [3.8, 4) is 0 Å². The number of imide groups is 1. The predicted molar refractivity (Wildman–Crippen MR) is 72.1 cm³/mol. The zero-order valence-electron chi connectivity index (χ0n) is 9.99. The zero-order valence-corrected chi connectivity index (χ0v) is 11.6. The fraction of sp³-hybridized carbons (Fsp3) is 0.357. The van der Waals surface area contributed by atoms with E-state index in [1.165, 1.54) is 4.90 Å². The Hall–Kier alpha value is -1.49. The van der Waals surface area contributed by atoms with E-state index in [0.29, 0.717) is 5.82 Å². The number of nitrogens with zero attached hydrogens (tertiary/aromatic N) is 2. The van der Waals surface area contributed by atoms with Gasteiger partial charge in [0.2, 0.25) is 11.8 Å². The molecule has 1 aromatic rings. The van der Waals surface area contributed by atoms with Crippen molar-refractivity contribution in [3.63, 3.8) is 0 Å². The Morgan fingerprint density at radius 1 is 1.16 bits per heavy atom. The second-order valence-corrected chi connectivity index (χ2v) is 6.26. The lowest BCUT2D eigenvalue weighted by Gasteiger charge is -2.16. The Balaban J connectivity index is 1.77. The van der Waals surface area contributed by atoms with E-state index < -0.39 is 0 Å². The largest absolute Gasteiger partial charge is 0.274 e. The molecule has 2 amide bonds. The van der Waals surface area contributed by atoms with E-state index in [1.807, 2.05) is 0 Å². The molecule has 0 radical (unpaired) electrons. The molecule has 2 heterocycles. The van der Waals surface area contributed by atoms with Gasteiger partial charge in [0.1, 0.15) is 5.82 Å². The number of anilines is 1. The first kappa shape index (κ1) is 11.3. The maximum atomic E-state index is 12.5. The van der Waals surface area contributed by atoms with Crippen molar-refractivity contribution < 1.29 is 9.59 Å². The molecular formula is C14H11BrN2O2. The summed E-state index contributed by atoms with van der Waals surface area (Å²) in [5, 5.41) is 0.